The fourth-order valence-corrected chi connectivity index (χ4v) is 4.73. The summed E-state index contributed by atoms with van der Waals surface area (Å²) in [6.45, 7) is 1.99. The molecule has 134 valence electrons. The van der Waals surface area contributed by atoms with Crippen LogP contribution in [-0.4, -0.2) is 47.4 Å². The molecule has 0 saturated carbocycles. The number of rotatable bonds is 1. The molecular weight excluding hydrogens is 345 g/mol. The zero-order valence-electron chi connectivity index (χ0n) is 13.9. The Morgan fingerprint density at radius 2 is 2.12 bits per heavy atom. The number of benzene rings is 1. The lowest BCUT2D eigenvalue weighted by Crippen LogP contribution is -2.61. The summed E-state index contributed by atoms with van der Waals surface area (Å²) < 4.78 is 13.4. The van der Waals surface area contributed by atoms with E-state index in [9.17, 15) is 14.0 Å². The number of halogens is 2. The normalized spacial score (nSPS) is 28.6. The quantitative estimate of drug-likeness (QED) is 0.829. The zero-order valence-corrected chi connectivity index (χ0v) is 14.6. The van der Waals surface area contributed by atoms with Crippen LogP contribution in [0.2, 0.25) is 5.02 Å². The average molecular weight is 366 g/mol. The van der Waals surface area contributed by atoms with Gasteiger partial charge in [0.25, 0.3) is 0 Å². The summed E-state index contributed by atoms with van der Waals surface area (Å²) in [5.41, 5.74) is 0.289. The first kappa shape index (κ1) is 16.6. The molecule has 3 saturated heterocycles. The summed E-state index contributed by atoms with van der Waals surface area (Å²) in [4.78, 5) is 28.6. The minimum atomic E-state index is -0.438. The predicted molar refractivity (Wildman–Crippen MR) is 93.0 cm³/mol. The van der Waals surface area contributed by atoms with Gasteiger partial charge in [-0.15, -0.1) is 0 Å². The van der Waals surface area contributed by atoms with Gasteiger partial charge in [-0.2, -0.15) is 0 Å². The topological polar surface area (TPSA) is 52.7 Å². The third kappa shape index (κ3) is 3.19. The van der Waals surface area contributed by atoms with Gasteiger partial charge in [0.15, 0.2) is 0 Å². The van der Waals surface area contributed by atoms with Crippen molar-refractivity contribution in [1.82, 2.24) is 9.80 Å². The molecule has 2 bridgehead atoms. The van der Waals surface area contributed by atoms with E-state index in [1.807, 2.05) is 4.90 Å². The molecule has 3 aliphatic heterocycles. The highest BCUT2D eigenvalue weighted by Crippen LogP contribution is 2.38. The summed E-state index contributed by atoms with van der Waals surface area (Å²) in [6, 6.07) is 3.93. The number of nitrogens with zero attached hydrogens (tertiary/aromatic N) is 2. The van der Waals surface area contributed by atoms with Crippen LogP contribution < -0.4 is 5.32 Å². The summed E-state index contributed by atoms with van der Waals surface area (Å²) in [7, 11) is 0. The molecule has 3 aliphatic rings. The summed E-state index contributed by atoms with van der Waals surface area (Å²) in [5.74, 6) is 0.457. The smallest absolute Gasteiger partial charge is 0.321 e. The van der Waals surface area contributed by atoms with Gasteiger partial charge in [0.1, 0.15) is 5.82 Å². The van der Waals surface area contributed by atoms with Gasteiger partial charge in [-0.1, -0.05) is 11.6 Å². The number of piperidine rings is 3. The number of fused-ring (bicyclic) bond motifs is 4. The van der Waals surface area contributed by atoms with Gasteiger partial charge >= 0.3 is 6.03 Å². The Morgan fingerprint density at radius 1 is 1.28 bits per heavy atom. The number of carbonyl (C=O) groups is 2. The molecule has 1 N–H and O–H groups in total. The van der Waals surface area contributed by atoms with Gasteiger partial charge in [-0.25, -0.2) is 9.18 Å². The number of hydrogen-bond acceptors (Lipinski definition) is 2. The maximum absolute atomic E-state index is 13.4. The van der Waals surface area contributed by atoms with Crippen molar-refractivity contribution in [3.05, 3.63) is 29.0 Å². The summed E-state index contributed by atoms with van der Waals surface area (Å²) in [6.07, 6.45) is 3.68. The largest absolute Gasteiger partial charge is 0.339 e. The van der Waals surface area contributed by atoms with Crippen LogP contribution in [0.4, 0.5) is 14.9 Å². The summed E-state index contributed by atoms with van der Waals surface area (Å²) >= 11 is 6.04. The molecule has 25 heavy (non-hydrogen) atoms. The number of carbonyl (C=O) groups excluding carboxylic acids is 2. The molecule has 0 aliphatic carbocycles. The van der Waals surface area contributed by atoms with E-state index >= 15 is 0 Å². The van der Waals surface area contributed by atoms with Crippen LogP contribution in [0, 0.1) is 17.7 Å². The van der Waals surface area contributed by atoms with Crippen molar-refractivity contribution in [3.63, 3.8) is 0 Å². The molecule has 3 amide bonds. The van der Waals surface area contributed by atoms with Crippen LogP contribution in [0.1, 0.15) is 25.7 Å². The monoisotopic (exact) mass is 365 g/mol. The van der Waals surface area contributed by atoms with E-state index in [4.69, 9.17) is 11.6 Å². The number of nitrogens with one attached hydrogen (secondary N) is 1. The molecule has 1 aromatic rings. The van der Waals surface area contributed by atoms with E-state index in [-0.39, 0.29) is 23.7 Å². The highest BCUT2D eigenvalue weighted by molar-refractivity contribution is 6.33. The van der Waals surface area contributed by atoms with Crippen molar-refractivity contribution < 1.29 is 14.0 Å². The highest BCUT2D eigenvalue weighted by atomic mass is 35.5. The molecule has 0 aromatic heterocycles. The van der Waals surface area contributed by atoms with Crippen molar-refractivity contribution in [2.24, 2.45) is 11.8 Å². The molecule has 3 heterocycles. The SMILES string of the molecule is O=C(Nc1cc(F)ccc1Cl)N1C[C@H]2C[C@@H](C1)[C@@H]1CCCC(=O)N1C2. The maximum Gasteiger partial charge on any atom is 0.321 e. The summed E-state index contributed by atoms with van der Waals surface area (Å²) in [5, 5.41) is 3.04. The van der Waals surface area contributed by atoms with Crippen LogP contribution in [0.3, 0.4) is 0 Å². The Bertz CT molecular complexity index is 714. The lowest BCUT2D eigenvalue weighted by molar-refractivity contribution is -0.144. The standard InChI is InChI=1S/C18H21ClFN3O2/c19-14-5-4-13(20)7-15(14)21-18(25)22-8-11-6-12(10-22)16-2-1-3-17(24)23(16)9-11/h4-5,7,11-12,16H,1-3,6,8-10H2,(H,21,25)/t11-,12+,16+/m1/s1. The number of amides is 3. The third-order valence-electron chi connectivity index (χ3n) is 5.64. The van der Waals surface area contributed by atoms with Gasteiger partial charge in [-0.05, 0) is 49.3 Å². The Labute approximate surface area is 151 Å². The highest BCUT2D eigenvalue weighted by Gasteiger charge is 2.44. The van der Waals surface area contributed by atoms with Crippen molar-refractivity contribution in [3.8, 4) is 0 Å². The number of anilines is 1. The first-order chi connectivity index (χ1) is 12.0. The molecule has 3 fully saturated rings. The number of urea groups is 1. The molecule has 0 radical (unpaired) electrons. The van der Waals surface area contributed by atoms with Crippen molar-refractivity contribution in [2.45, 2.75) is 31.7 Å². The lowest BCUT2D eigenvalue weighted by Gasteiger charge is -2.52. The Kier molecular flexibility index (Phi) is 4.31. The molecule has 3 atom stereocenters. The van der Waals surface area contributed by atoms with E-state index in [0.717, 1.165) is 25.8 Å². The number of likely N-dealkylation sites (tertiary alicyclic amines) is 1. The van der Waals surface area contributed by atoms with Crippen LogP contribution >= 0.6 is 11.6 Å². The first-order valence-electron chi connectivity index (χ1n) is 8.81. The van der Waals surface area contributed by atoms with Crippen LogP contribution in [0.25, 0.3) is 0 Å². The minimum Gasteiger partial charge on any atom is -0.339 e. The molecular formula is C18H21ClFN3O2. The van der Waals surface area contributed by atoms with Crippen LogP contribution in [-0.2, 0) is 4.79 Å². The number of hydrogen-bond donors (Lipinski definition) is 1. The molecule has 0 spiro atoms. The Morgan fingerprint density at radius 3 is 2.96 bits per heavy atom. The molecule has 4 rings (SSSR count). The second kappa shape index (κ2) is 6.48. The Hall–Kier alpha value is -1.82. The van der Waals surface area contributed by atoms with Crippen LogP contribution in [0.5, 0.6) is 0 Å². The fourth-order valence-electron chi connectivity index (χ4n) is 4.56. The molecule has 5 nitrogen and oxygen atoms in total. The third-order valence-corrected chi connectivity index (χ3v) is 5.97. The Balaban J connectivity index is 1.47. The van der Waals surface area contributed by atoms with Gasteiger partial charge < -0.3 is 15.1 Å². The van der Waals surface area contributed by atoms with E-state index in [1.165, 1.54) is 18.2 Å². The van der Waals surface area contributed by atoms with Gasteiger partial charge in [-0.3, -0.25) is 4.79 Å². The van der Waals surface area contributed by atoms with Crippen molar-refractivity contribution >= 4 is 29.2 Å². The molecule has 1 aromatic carbocycles. The minimum absolute atomic E-state index is 0.252. The molecule has 0 unspecified atom stereocenters. The van der Waals surface area contributed by atoms with Gasteiger partial charge in [0.2, 0.25) is 5.91 Å². The van der Waals surface area contributed by atoms with E-state index in [1.54, 1.807) is 4.90 Å². The molecule has 7 heteroatoms. The second-order valence-corrected chi connectivity index (χ2v) is 7.73. The maximum atomic E-state index is 13.4. The van der Waals surface area contributed by atoms with E-state index < -0.39 is 5.82 Å². The fraction of sp³-hybridized carbons (Fsp3) is 0.556. The van der Waals surface area contributed by atoms with Crippen LogP contribution in [0.15, 0.2) is 18.2 Å². The second-order valence-electron chi connectivity index (χ2n) is 7.33. The average Bonchev–Trinajstić information content (AvgIpc) is 2.59. The van der Waals surface area contributed by atoms with Gasteiger partial charge in [0.05, 0.1) is 10.7 Å². The van der Waals surface area contributed by atoms with Crippen molar-refractivity contribution in [2.75, 3.05) is 25.0 Å². The zero-order chi connectivity index (χ0) is 17.6. The van der Waals surface area contributed by atoms with Gasteiger partial charge in [0, 0.05) is 32.1 Å². The van der Waals surface area contributed by atoms with Crippen molar-refractivity contribution in [1.29, 1.82) is 0 Å². The first-order valence-corrected chi connectivity index (χ1v) is 9.19. The lowest BCUT2D eigenvalue weighted by atomic mass is 9.76. The van der Waals surface area contributed by atoms with E-state index in [2.05, 4.69) is 5.32 Å². The van der Waals surface area contributed by atoms with E-state index in [0.29, 0.717) is 36.4 Å². The predicted octanol–water partition coefficient (Wildman–Crippen LogP) is 3.34.